The summed E-state index contributed by atoms with van der Waals surface area (Å²) >= 11 is 0. The molecule has 1 N–H and O–H groups in total. The van der Waals surface area contributed by atoms with Gasteiger partial charge < -0.3 is 29.5 Å². The van der Waals surface area contributed by atoms with E-state index in [-0.39, 0.29) is 30.8 Å². The zero-order chi connectivity index (χ0) is 28.5. The molecule has 1 heterocycles. The van der Waals surface area contributed by atoms with Crippen LogP contribution < -0.4 is 15.0 Å². The maximum atomic E-state index is 13.0. The minimum atomic E-state index is -0.297. The average molecular weight is 545 g/mol. The van der Waals surface area contributed by atoms with E-state index in [2.05, 4.69) is 10.2 Å². The summed E-state index contributed by atoms with van der Waals surface area (Å²) < 4.78 is 10.3. The van der Waals surface area contributed by atoms with Gasteiger partial charge >= 0.3 is 0 Å². The second-order valence-corrected chi connectivity index (χ2v) is 9.69. The van der Waals surface area contributed by atoms with Crippen LogP contribution in [0, 0.1) is 6.92 Å². The Morgan fingerprint density at radius 2 is 1.45 bits per heavy atom. The summed E-state index contributed by atoms with van der Waals surface area (Å²) in [4.78, 5) is 44.3. The lowest BCUT2D eigenvalue weighted by Gasteiger charge is -2.36. The summed E-state index contributed by atoms with van der Waals surface area (Å²) in [5.41, 5.74) is 3.98. The van der Waals surface area contributed by atoms with Crippen molar-refractivity contribution >= 4 is 29.1 Å². The fourth-order valence-electron chi connectivity index (χ4n) is 4.55. The van der Waals surface area contributed by atoms with Crippen LogP contribution in [0.5, 0.6) is 5.75 Å². The van der Waals surface area contributed by atoms with Gasteiger partial charge in [0.2, 0.25) is 5.91 Å². The number of anilines is 2. The van der Waals surface area contributed by atoms with E-state index in [1.165, 1.54) is 4.90 Å². The Labute approximate surface area is 235 Å². The van der Waals surface area contributed by atoms with E-state index >= 15 is 0 Å². The van der Waals surface area contributed by atoms with Crippen LogP contribution in [-0.4, -0.2) is 87.6 Å². The Morgan fingerprint density at radius 1 is 0.825 bits per heavy atom. The largest absolute Gasteiger partial charge is 0.497 e. The molecule has 3 amide bonds. The zero-order valence-electron chi connectivity index (χ0n) is 23.3. The number of benzene rings is 3. The highest BCUT2D eigenvalue weighted by Gasteiger charge is 2.23. The number of carbonyl (C=O) groups excluding carboxylic acids is 3. The lowest BCUT2D eigenvalue weighted by Crippen LogP contribution is -2.48. The Bertz CT molecular complexity index is 1280. The first-order valence-electron chi connectivity index (χ1n) is 13.3. The van der Waals surface area contributed by atoms with Crippen LogP contribution >= 0.6 is 0 Å². The average Bonchev–Trinajstić information content (AvgIpc) is 2.99. The zero-order valence-corrected chi connectivity index (χ0v) is 23.3. The van der Waals surface area contributed by atoms with Gasteiger partial charge in [-0.2, -0.15) is 0 Å². The number of ether oxygens (including phenoxy) is 2. The number of amides is 3. The lowest BCUT2D eigenvalue weighted by molar-refractivity contribution is -0.117. The first-order valence-corrected chi connectivity index (χ1v) is 13.3. The van der Waals surface area contributed by atoms with Crippen LogP contribution in [0.2, 0.25) is 0 Å². The smallest absolute Gasteiger partial charge is 0.254 e. The van der Waals surface area contributed by atoms with Crippen molar-refractivity contribution in [2.75, 3.05) is 70.3 Å². The monoisotopic (exact) mass is 544 g/mol. The molecule has 1 saturated heterocycles. The van der Waals surface area contributed by atoms with Crippen molar-refractivity contribution in [1.29, 1.82) is 0 Å². The molecule has 9 nitrogen and oxygen atoms in total. The van der Waals surface area contributed by atoms with Crippen molar-refractivity contribution in [2.45, 2.75) is 6.92 Å². The first-order chi connectivity index (χ1) is 19.4. The van der Waals surface area contributed by atoms with Gasteiger partial charge in [-0.3, -0.25) is 14.4 Å². The molecule has 4 rings (SSSR count). The molecule has 0 bridgehead atoms. The second kappa shape index (κ2) is 13.6. The van der Waals surface area contributed by atoms with E-state index in [4.69, 9.17) is 9.47 Å². The van der Waals surface area contributed by atoms with E-state index in [1.807, 2.05) is 60.4 Å². The van der Waals surface area contributed by atoms with Gasteiger partial charge in [-0.15, -0.1) is 0 Å². The van der Waals surface area contributed by atoms with Crippen LogP contribution in [0.4, 0.5) is 11.4 Å². The number of rotatable bonds is 10. The van der Waals surface area contributed by atoms with Gasteiger partial charge in [0.15, 0.2) is 0 Å². The summed E-state index contributed by atoms with van der Waals surface area (Å²) in [5.74, 6) is 0.153. The van der Waals surface area contributed by atoms with Crippen molar-refractivity contribution in [3.63, 3.8) is 0 Å². The molecule has 3 aromatic carbocycles. The highest BCUT2D eigenvalue weighted by molar-refractivity contribution is 5.99. The molecule has 9 heteroatoms. The predicted octanol–water partition coefficient (Wildman–Crippen LogP) is 3.69. The maximum absolute atomic E-state index is 13.0. The molecule has 0 saturated carbocycles. The van der Waals surface area contributed by atoms with Crippen LogP contribution in [0.3, 0.4) is 0 Å². The topological polar surface area (TPSA) is 91.4 Å². The summed E-state index contributed by atoms with van der Waals surface area (Å²) in [6.07, 6.45) is 0. The van der Waals surface area contributed by atoms with E-state index in [1.54, 1.807) is 38.5 Å². The molecule has 0 aliphatic carbocycles. The second-order valence-electron chi connectivity index (χ2n) is 9.69. The Kier molecular flexibility index (Phi) is 9.75. The lowest BCUT2D eigenvalue weighted by atomic mass is 10.1. The molecule has 210 valence electrons. The van der Waals surface area contributed by atoms with E-state index in [0.29, 0.717) is 42.3 Å². The molecule has 0 unspecified atom stereocenters. The van der Waals surface area contributed by atoms with Gasteiger partial charge in [-0.25, -0.2) is 0 Å². The van der Waals surface area contributed by atoms with Crippen molar-refractivity contribution in [3.8, 4) is 5.75 Å². The molecule has 0 spiro atoms. The number of carbonyl (C=O) groups is 3. The van der Waals surface area contributed by atoms with E-state index in [0.717, 1.165) is 24.3 Å². The number of hydrogen-bond acceptors (Lipinski definition) is 6. The highest BCUT2D eigenvalue weighted by Crippen LogP contribution is 2.21. The minimum absolute atomic E-state index is 0.0581. The quantitative estimate of drug-likeness (QED) is 0.419. The van der Waals surface area contributed by atoms with Gasteiger partial charge in [0.05, 0.1) is 13.7 Å². The van der Waals surface area contributed by atoms with E-state index in [9.17, 15) is 14.4 Å². The van der Waals surface area contributed by atoms with Gasteiger partial charge in [-0.1, -0.05) is 17.7 Å². The van der Waals surface area contributed by atoms with Crippen LogP contribution in [0.25, 0.3) is 0 Å². The van der Waals surface area contributed by atoms with Crippen LogP contribution in [0.1, 0.15) is 26.3 Å². The number of methoxy groups -OCH3 is 2. The van der Waals surface area contributed by atoms with E-state index < -0.39 is 0 Å². The third kappa shape index (κ3) is 7.39. The van der Waals surface area contributed by atoms with Crippen molar-refractivity contribution in [2.24, 2.45) is 0 Å². The number of aryl methyl sites for hydroxylation is 1. The molecule has 0 radical (unpaired) electrons. The van der Waals surface area contributed by atoms with Gasteiger partial charge in [-0.05, 0) is 67.6 Å². The normalized spacial score (nSPS) is 13.1. The summed E-state index contributed by atoms with van der Waals surface area (Å²) in [6, 6.07) is 22.1. The highest BCUT2D eigenvalue weighted by atomic mass is 16.5. The molecule has 0 aromatic heterocycles. The third-order valence-electron chi connectivity index (χ3n) is 6.91. The third-order valence-corrected chi connectivity index (χ3v) is 6.91. The molecular formula is C31H36N4O5. The van der Waals surface area contributed by atoms with Crippen molar-refractivity contribution < 1.29 is 23.9 Å². The molecule has 40 heavy (non-hydrogen) atoms. The molecular weight excluding hydrogens is 508 g/mol. The molecule has 1 aliphatic rings. The SMILES string of the molecule is COCCN(CC(=O)Nc1ccc(N2CCN(C(=O)c3ccc(C)cc3)CC2)cc1)C(=O)c1ccc(OC)cc1. The summed E-state index contributed by atoms with van der Waals surface area (Å²) in [6.45, 7) is 5.24. The summed E-state index contributed by atoms with van der Waals surface area (Å²) in [7, 11) is 3.12. The summed E-state index contributed by atoms with van der Waals surface area (Å²) in [5, 5.41) is 2.88. The van der Waals surface area contributed by atoms with Crippen LogP contribution in [0.15, 0.2) is 72.8 Å². The van der Waals surface area contributed by atoms with Crippen molar-refractivity contribution in [3.05, 3.63) is 89.5 Å². The molecule has 0 atom stereocenters. The van der Waals surface area contributed by atoms with Crippen LogP contribution in [-0.2, 0) is 9.53 Å². The van der Waals surface area contributed by atoms with Crippen molar-refractivity contribution in [1.82, 2.24) is 9.80 Å². The standard InChI is InChI=1S/C31H36N4O5/c1-23-4-6-24(7-5-23)30(37)34-18-16-33(17-19-34)27-12-10-26(11-13-27)32-29(36)22-35(20-21-39-2)31(38)25-8-14-28(40-3)15-9-25/h4-15H,16-22H2,1-3H3,(H,32,36). The predicted molar refractivity (Wildman–Crippen MR) is 155 cm³/mol. The first kappa shape index (κ1) is 28.6. The number of piperazine rings is 1. The fourth-order valence-corrected chi connectivity index (χ4v) is 4.55. The minimum Gasteiger partial charge on any atom is -0.497 e. The maximum Gasteiger partial charge on any atom is 0.254 e. The molecule has 1 aliphatic heterocycles. The molecule has 3 aromatic rings. The van der Waals surface area contributed by atoms with Gasteiger partial charge in [0.1, 0.15) is 12.3 Å². The Balaban J connectivity index is 1.30. The van der Waals surface area contributed by atoms with Gasteiger partial charge in [0.25, 0.3) is 11.8 Å². The fraction of sp³-hybridized carbons (Fsp3) is 0.323. The number of nitrogens with one attached hydrogen (secondary N) is 1. The van der Waals surface area contributed by atoms with Gasteiger partial charge in [0, 0.05) is 62.3 Å². The number of hydrogen-bond donors (Lipinski definition) is 1. The number of nitrogens with zero attached hydrogens (tertiary/aromatic N) is 3. The Hall–Kier alpha value is -4.37. The molecule has 1 fully saturated rings. The Morgan fingerprint density at radius 3 is 2.05 bits per heavy atom.